The smallest absolute Gasteiger partial charge is 0.245 e. The molecular formula is C7H12N4O2. The Morgan fingerprint density at radius 3 is 3.15 bits per heavy atom. The monoisotopic (exact) mass is 184 g/mol. The van der Waals surface area contributed by atoms with Crippen molar-refractivity contribution >= 4 is 5.91 Å². The van der Waals surface area contributed by atoms with E-state index < -0.39 is 5.91 Å². The molecule has 72 valence electrons. The molecule has 0 bridgehead atoms. The number of H-pyrrole nitrogens is 1. The number of hydroxylamine groups is 1. The summed E-state index contributed by atoms with van der Waals surface area (Å²) in [5, 5.41) is 6.60. The zero-order valence-corrected chi connectivity index (χ0v) is 7.33. The molecule has 13 heavy (non-hydrogen) atoms. The Bertz CT molecular complexity index is 284. The van der Waals surface area contributed by atoms with Gasteiger partial charge >= 0.3 is 0 Å². The Balaban J connectivity index is 2.20. The lowest BCUT2D eigenvalue weighted by molar-refractivity contribution is -0.125. The van der Waals surface area contributed by atoms with E-state index in [1.54, 1.807) is 6.20 Å². The number of carbonyl (C=O) groups excluding carboxylic acids is 1. The van der Waals surface area contributed by atoms with Gasteiger partial charge < -0.3 is 5.73 Å². The van der Waals surface area contributed by atoms with Gasteiger partial charge in [0.2, 0.25) is 5.91 Å². The third kappa shape index (κ3) is 3.22. The fourth-order valence-corrected chi connectivity index (χ4v) is 0.805. The van der Waals surface area contributed by atoms with Crippen molar-refractivity contribution < 1.29 is 9.63 Å². The van der Waals surface area contributed by atoms with Crippen LogP contribution in [-0.4, -0.2) is 22.7 Å². The first-order chi connectivity index (χ1) is 6.20. The highest BCUT2D eigenvalue weighted by atomic mass is 16.6. The third-order valence-corrected chi connectivity index (χ3v) is 1.51. The molecule has 0 radical (unpaired) electrons. The van der Waals surface area contributed by atoms with Crippen molar-refractivity contribution in [1.82, 2.24) is 15.7 Å². The lowest BCUT2D eigenvalue weighted by atomic mass is 10.3. The first-order valence-electron chi connectivity index (χ1n) is 3.82. The molecule has 0 aromatic carbocycles. The molecule has 0 saturated heterocycles. The van der Waals surface area contributed by atoms with Crippen molar-refractivity contribution in [2.75, 3.05) is 6.61 Å². The summed E-state index contributed by atoms with van der Waals surface area (Å²) in [4.78, 5) is 15.0. The van der Waals surface area contributed by atoms with E-state index in [1.807, 2.05) is 6.92 Å². The molecule has 1 heterocycles. The molecule has 0 unspecified atom stereocenters. The molecule has 6 nitrogen and oxygen atoms in total. The summed E-state index contributed by atoms with van der Waals surface area (Å²) in [6.45, 7) is 2.27. The van der Waals surface area contributed by atoms with Gasteiger partial charge in [-0.3, -0.25) is 14.7 Å². The standard InChI is InChI=1S/C7H12N4O2/c1-5-6(2-9-11-5)3-10-13-4-7(8)12/h2,10H,3-4H2,1H3,(H2,8,12)(H,9,11). The summed E-state index contributed by atoms with van der Waals surface area (Å²) < 4.78 is 0. The van der Waals surface area contributed by atoms with Crippen LogP contribution in [-0.2, 0) is 16.2 Å². The molecule has 0 aliphatic heterocycles. The van der Waals surface area contributed by atoms with Gasteiger partial charge in [-0.1, -0.05) is 0 Å². The van der Waals surface area contributed by atoms with Crippen LogP contribution in [0.2, 0.25) is 0 Å². The van der Waals surface area contributed by atoms with Crippen LogP contribution in [0.5, 0.6) is 0 Å². The number of nitrogens with zero attached hydrogens (tertiary/aromatic N) is 1. The predicted octanol–water partition coefficient (Wildman–Crippen LogP) is -0.775. The van der Waals surface area contributed by atoms with Crippen LogP contribution in [0.3, 0.4) is 0 Å². The number of rotatable bonds is 5. The Kier molecular flexibility index (Phi) is 3.41. The molecule has 0 spiro atoms. The molecule has 0 aliphatic rings. The summed E-state index contributed by atoms with van der Waals surface area (Å²) in [7, 11) is 0. The van der Waals surface area contributed by atoms with E-state index in [2.05, 4.69) is 15.7 Å². The van der Waals surface area contributed by atoms with Crippen LogP contribution in [0.4, 0.5) is 0 Å². The number of amides is 1. The van der Waals surface area contributed by atoms with Crippen LogP contribution in [0.25, 0.3) is 0 Å². The van der Waals surface area contributed by atoms with Crippen LogP contribution >= 0.6 is 0 Å². The minimum atomic E-state index is -0.503. The Morgan fingerprint density at radius 1 is 1.85 bits per heavy atom. The zero-order valence-electron chi connectivity index (χ0n) is 7.33. The molecule has 0 fully saturated rings. The quantitative estimate of drug-likeness (QED) is 0.413. The van der Waals surface area contributed by atoms with E-state index in [1.165, 1.54) is 0 Å². The maximum atomic E-state index is 10.3. The van der Waals surface area contributed by atoms with Gasteiger partial charge in [0.05, 0.1) is 6.20 Å². The average molecular weight is 184 g/mol. The maximum absolute atomic E-state index is 10.3. The molecular weight excluding hydrogens is 172 g/mol. The van der Waals surface area contributed by atoms with Gasteiger partial charge in [-0.25, -0.2) is 0 Å². The molecule has 1 amide bonds. The second kappa shape index (κ2) is 4.58. The van der Waals surface area contributed by atoms with Crippen LogP contribution in [0.1, 0.15) is 11.3 Å². The number of hydrogen-bond donors (Lipinski definition) is 3. The highest BCUT2D eigenvalue weighted by Gasteiger charge is 1.99. The summed E-state index contributed by atoms with van der Waals surface area (Å²) in [6.07, 6.45) is 1.69. The summed E-state index contributed by atoms with van der Waals surface area (Å²) in [6, 6.07) is 0. The van der Waals surface area contributed by atoms with E-state index in [-0.39, 0.29) is 6.61 Å². The lowest BCUT2D eigenvalue weighted by Crippen LogP contribution is -2.24. The van der Waals surface area contributed by atoms with Crippen LogP contribution < -0.4 is 11.2 Å². The predicted molar refractivity (Wildman–Crippen MR) is 45.3 cm³/mol. The molecule has 0 atom stereocenters. The summed E-state index contributed by atoms with van der Waals surface area (Å²) in [5.74, 6) is -0.503. The number of aryl methyl sites for hydroxylation is 1. The number of nitrogens with one attached hydrogen (secondary N) is 2. The normalized spacial score (nSPS) is 10.2. The number of carbonyl (C=O) groups is 1. The largest absolute Gasteiger partial charge is 0.368 e. The molecule has 6 heteroatoms. The van der Waals surface area contributed by atoms with E-state index in [4.69, 9.17) is 10.6 Å². The number of primary amides is 1. The van der Waals surface area contributed by atoms with Crippen molar-refractivity contribution in [1.29, 1.82) is 0 Å². The Morgan fingerprint density at radius 2 is 2.62 bits per heavy atom. The van der Waals surface area contributed by atoms with Crippen LogP contribution in [0.15, 0.2) is 6.20 Å². The number of nitrogens with two attached hydrogens (primary N) is 1. The van der Waals surface area contributed by atoms with Crippen molar-refractivity contribution in [2.45, 2.75) is 13.5 Å². The molecule has 0 aliphatic carbocycles. The number of hydrogen-bond acceptors (Lipinski definition) is 4. The molecule has 1 aromatic heterocycles. The van der Waals surface area contributed by atoms with Crippen molar-refractivity contribution in [3.63, 3.8) is 0 Å². The van der Waals surface area contributed by atoms with Crippen molar-refractivity contribution in [3.8, 4) is 0 Å². The van der Waals surface area contributed by atoms with Crippen molar-refractivity contribution in [2.24, 2.45) is 5.73 Å². The van der Waals surface area contributed by atoms with Gasteiger partial charge in [0.15, 0.2) is 0 Å². The highest BCUT2D eigenvalue weighted by Crippen LogP contribution is 2.00. The van der Waals surface area contributed by atoms with E-state index in [0.717, 1.165) is 11.3 Å². The number of aromatic amines is 1. The molecule has 4 N–H and O–H groups in total. The minimum Gasteiger partial charge on any atom is -0.368 e. The van der Waals surface area contributed by atoms with Gasteiger partial charge in [-0.15, -0.1) is 0 Å². The van der Waals surface area contributed by atoms with E-state index in [9.17, 15) is 4.79 Å². The SMILES string of the molecule is Cc1[nH]ncc1CNOCC(N)=O. The maximum Gasteiger partial charge on any atom is 0.245 e. The van der Waals surface area contributed by atoms with E-state index in [0.29, 0.717) is 6.54 Å². The lowest BCUT2D eigenvalue weighted by Gasteiger charge is -2.02. The Hall–Kier alpha value is -1.40. The van der Waals surface area contributed by atoms with Crippen LogP contribution in [0, 0.1) is 6.92 Å². The first-order valence-corrected chi connectivity index (χ1v) is 3.82. The van der Waals surface area contributed by atoms with Crippen molar-refractivity contribution in [3.05, 3.63) is 17.5 Å². The zero-order chi connectivity index (χ0) is 9.68. The molecule has 0 saturated carbocycles. The van der Waals surface area contributed by atoms with Gasteiger partial charge in [-0.05, 0) is 6.92 Å². The topological polar surface area (TPSA) is 93.0 Å². The summed E-state index contributed by atoms with van der Waals surface area (Å²) in [5.41, 5.74) is 9.42. The minimum absolute atomic E-state index is 0.128. The van der Waals surface area contributed by atoms with Gasteiger partial charge in [-0.2, -0.15) is 10.6 Å². The van der Waals surface area contributed by atoms with E-state index >= 15 is 0 Å². The highest BCUT2D eigenvalue weighted by molar-refractivity contribution is 5.74. The fraction of sp³-hybridized carbons (Fsp3) is 0.429. The summed E-state index contributed by atoms with van der Waals surface area (Å²) >= 11 is 0. The number of aromatic nitrogens is 2. The van der Waals surface area contributed by atoms with Gasteiger partial charge in [0.1, 0.15) is 6.61 Å². The Labute approximate surface area is 75.4 Å². The van der Waals surface area contributed by atoms with Gasteiger partial charge in [0, 0.05) is 17.8 Å². The second-order valence-corrected chi connectivity index (χ2v) is 2.60. The molecule has 1 rings (SSSR count). The van der Waals surface area contributed by atoms with Gasteiger partial charge in [0.25, 0.3) is 0 Å². The second-order valence-electron chi connectivity index (χ2n) is 2.60. The molecule has 1 aromatic rings. The fourth-order valence-electron chi connectivity index (χ4n) is 0.805. The first kappa shape index (κ1) is 9.69. The third-order valence-electron chi connectivity index (χ3n) is 1.51. The average Bonchev–Trinajstić information content (AvgIpc) is 2.45.